The predicted molar refractivity (Wildman–Crippen MR) is 153 cm³/mol. The molecule has 2 aromatic carbocycles. The Morgan fingerprint density at radius 3 is 2.57 bits per heavy atom. The Labute approximate surface area is 240 Å². The molecule has 0 saturated carbocycles. The van der Waals surface area contributed by atoms with Gasteiger partial charge in [0.25, 0.3) is 5.91 Å². The van der Waals surface area contributed by atoms with E-state index in [0.717, 1.165) is 17.7 Å². The van der Waals surface area contributed by atoms with E-state index >= 15 is 0 Å². The monoisotopic (exact) mass is 578 g/mol. The van der Waals surface area contributed by atoms with Crippen LogP contribution in [-0.2, 0) is 17.5 Å². The first-order chi connectivity index (χ1) is 20.2. The second-order valence-electron chi connectivity index (χ2n) is 9.69. The Morgan fingerprint density at radius 1 is 1.00 bits per heavy atom. The lowest BCUT2D eigenvalue weighted by Crippen LogP contribution is -2.36. The molecule has 0 bridgehead atoms. The number of aryl methyl sites for hydroxylation is 1. The number of halogens is 3. The zero-order valence-corrected chi connectivity index (χ0v) is 23.0. The van der Waals surface area contributed by atoms with Crippen molar-refractivity contribution in [3.63, 3.8) is 0 Å². The maximum absolute atomic E-state index is 13.6. The van der Waals surface area contributed by atoms with E-state index in [1.165, 1.54) is 18.7 Å². The number of rotatable bonds is 8. The topological polar surface area (TPSA) is 117 Å². The summed E-state index contributed by atoms with van der Waals surface area (Å²) in [5.74, 6) is 0.530. The van der Waals surface area contributed by atoms with Crippen molar-refractivity contribution >= 4 is 28.9 Å². The average Bonchev–Trinajstić information content (AvgIpc) is 2.99. The summed E-state index contributed by atoms with van der Waals surface area (Å²) in [6.07, 6.45) is -0.117. The normalized spacial score (nSPS) is 13.9. The Morgan fingerprint density at radius 2 is 1.81 bits per heavy atom. The molecular weight excluding hydrogens is 549 g/mol. The second kappa shape index (κ2) is 12.5. The highest BCUT2D eigenvalue weighted by Gasteiger charge is 2.31. The van der Waals surface area contributed by atoms with Crippen LogP contribution in [0.1, 0.15) is 27.0 Å². The Hall–Kier alpha value is -4.62. The van der Waals surface area contributed by atoms with E-state index in [1.54, 1.807) is 37.5 Å². The number of anilines is 4. The van der Waals surface area contributed by atoms with Crippen LogP contribution in [0.4, 0.5) is 36.2 Å². The molecule has 1 aliphatic rings. The summed E-state index contributed by atoms with van der Waals surface area (Å²) in [5, 5.41) is 8.93. The highest BCUT2D eigenvalue weighted by molar-refractivity contribution is 6.05. The quantitative estimate of drug-likeness (QED) is 0.262. The summed E-state index contributed by atoms with van der Waals surface area (Å²) >= 11 is 0. The van der Waals surface area contributed by atoms with Gasteiger partial charge in [-0.1, -0.05) is 12.1 Å². The molecule has 0 atom stereocenters. The fourth-order valence-electron chi connectivity index (χ4n) is 4.49. The number of nitrogens with one attached hydrogen (secondary N) is 3. The number of benzene rings is 2. The number of morpholine rings is 1. The lowest BCUT2D eigenvalue weighted by molar-refractivity contribution is -0.137. The van der Waals surface area contributed by atoms with Gasteiger partial charge in [0, 0.05) is 55.9 Å². The van der Waals surface area contributed by atoms with E-state index in [4.69, 9.17) is 4.74 Å². The number of hydrogen-bond acceptors (Lipinski definition) is 9. The zero-order valence-electron chi connectivity index (χ0n) is 23.0. The third kappa shape index (κ3) is 6.81. The summed E-state index contributed by atoms with van der Waals surface area (Å²) in [7, 11) is 1.75. The molecule has 3 heterocycles. The molecule has 0 unspecified atom stereocenters. The molecular formula is C29H29F3N8O2. The first-order valence-electron chi connectivity index (χ1n) is 13.2. The van der Waals surface area contributed by atoms with E-state index in [1.807, 2.05) is 6.92 Å². The zero-order chi connectivity index (χ0) is 29.7. The number of carbonyl (C=O) groups is 1. The minimum Gasteiger partial charge on any atom is -0.379 e. The highest BCUT2D eigenvalue weighted by Crippen LogP contribution is 2.33. The van der Waals surface area contributed by atoms with Gasteiger partial charge in [-0.15, -0.1) is 0 Å². The molecule has 1 amide bonds. The molecule has 2 aromatic heterocycles. The molecule has 218 valence electrons. The van der Waals surface area contributed by atoms with Crippen molar-refractivity contribution in [2.45, 2.75) is 19.6 Å². The Kier molecular flexibility index (Phi) is 8.59. The van der Waals surface area contributed by atoms with E-state index in [0.29, 0.717) is 67.0 Å². The van der Waals surface area contributed by atoms with Crippen LogP contribution in [0.3, 0.4) is 0 Å². The van der Waals surface area contributed by atoms with Crippen LogP contribution < -0.4 is 16.0 Å². The lowest BCUT2D eigenvalue weighted by Gasteiger charge is -2.27. The van der Waals surface area contributed by atoms with Crippen molar-refractivity contribution in [3.05, 3.63) is 83.6 Å². The number of nitrogens with zero attached hydrogens (tertiary/aromatic N) is 5. The standard InChI is InChI=1S/C29H29F3N8O2/c1-18-3-4-19(11-23(18)38-27-22(14-34-16-37-27)25-13-26(33-2)36-17-35-25)28(41)39-24-12-21(29(30,31)32)6-5-20(24)15-40-7-9-42-10-8-40/h3-6,11-14,16-17H,7-10,15H2,1-2H3,(H,39,41)(H,33,35,36)(H,34,37,38). The molecule has 4 aromatic rings. The van der Waals surface area contributed by atoms with Crippen LogP contribution in [0, 0.1) is 6.92 Å². The van der Waals surface area contributed by atoms with E-state index in [9.17, 15) is 18.0 Å². The first-order valence-corrected chi connectivity index (χ1v) is 13.2. The van der Waals surface area contributed by atoms with Gasteiger partial charge in [-0.2, -0.15) is 13.2 Å². The van der Waals surface area contributed by atoms with Crippen LogP contribution in [0.5, 0.6) is 0 Å². The Balaban J connectivity index is 1.42. The van der Waals surface area contributed by atoms with E-state index in [2.05, 4.69) is 40.8 Å². The van der Waals surface area contributed by atoms with Crippen LogP contribution in [-0.4, -0.2) is 64.1 Å². The molecule has 3 N–H and O–H groups in total. The third-order valence-electron chi connectivity index (χ3n) is 6.85. The van der Waals surface area contributed by atoms with Crippen molar-refractivity contribution in [3.8, 4) is 11.3 Å². The van der Waals surface area contributed by atoms with Gasteiger partial charge in [0.1, 0.15) is 24.3 Å². The van der Waals surface area contributed by atoms with Crippen molar-refractivity contribution in [1.29, 1.82) is 0 Å². The third-order valence-corrected chi connectivity index (χ3v) is 6.85. The van der Waals surface area contributed by atoms with E-state index in [-0.39, 0.29) is 11.3 Å². The van der Waals surface area contributed by atoms with Gasteiger partial charge in [-0.05, 0) is 42.3 Å². The maximum atomic E-state index is 13.6. The number of hydrogen-bond donors (Lipinski definition) is 3. The number of aromatic nitrogens is 4. The fraction of sp³-hybridized carbons (Fsp3) is 0.276. The van der Waals surface area contributed by atoms with Gasteiger partial charge in [0.05, 0.1) is 30.0 Å². The summed E-state index contributed by atoms with van der Waals surface area (Å²) < 4.78 is 46.0. The van der Waals surface area contributed by atoms with Crippen LogP contribution in [0.25, 0.3) is 11.3 Å². The van der Waals surface area contributed by atoms with Gasteiger partial charge >= 0.3 is 6.18 Å². The minimum atomic E-state index is -4.55. The molecule has 0 spiro atoms. The predicted octanol–water partition coefficient (Wildman–Crippen LogP) is 5.13. The van der Waals surface area contributed by atoms with Gasteiger partial charge in [0.15, 0.2) is 0 Å². The summed E-state index contributed by atoms with van der Waals surface area (Å²) in [4.78, 5) is 32.4. The summed E-state index contributed by atoms with van der Waals surface area (Å²) in [5.41, 5.74) is 2.72. The van der Waals surface area contributed by atoms with Gasteiger partial charge in [-0.25, -0.2) is 19.9 Å². The second-order valence-corrected chi connectivity index (χ2v) is 9.69. The van der Waals surface area contributed by atoms with Crippen LogP contribution in [0.15, 0.2) is 61.3 Å². The number of amides is 1. The number of carbonyl (C=O) groups excluding carboxylic acids is 1. The number of ether oxygens (including phenoxy) is 1. The van der Waals surface area contributed by atoms with Gasteiger partial charge in [0.2, 0.25) is 0 Å². The van der Waals surface area contributed by atoms with Crippen LogP contribution >= 0.6 is 0 Å². The smallest absolute Gasteiger partial charge is 0.379 e. The maximum Gasteiger partial charge on any atom is 0.416 e. The minimum absolute atomic E-state index is 0.110. The molecule has 42 heavy (non-hydrogen) atoms. The Bertz CT molecular complexity index is 1580. The van der Waals surface area contributed by atoms with E-state index < -0.39 is 17.6 Å². The summed E-state index contributed by atoms with van der Waals surface area (Å²) in [6.45, 7) is 4.64. The van der Waals surface area contributed by atoms with Crippen molar-refractivity contribution < 1.29 is 22.7 Å². The average molecular weight is 579 g/mol. The lowest BCUT2D eigenvalue weighted by atomic mass is 10.1. The van der Waals surface area contributed by atoms with Gasteiger partial charge < -0.3 is 20.7 Å². The highest BCUT2D eigenvalue weighted by atomic mass is 19.4. The number of alkyl halides is 3. The van der Waals surface area contributed by atoms with Crippen LogP contribution in [0.2, 0.25) is 0 Å². The molecule has 1 saturated heterocycles. The molecule has 5 rings (SSSR count). The largest absolute Gasteiger partial charge is 0.416 e. The molecule has 1 fully saturated rings. The fourth-order valence-corrected chi connectivity index (χ4v) is 4.49. The van der Waals surface area contributed by atoms with Gasteiger partial charge in [-0.3, -0.25) is 9.69 Å². The van der Waals surface area contributed by atoms with Crippen molar-refractivity contribution in [2.75, 3.05) is 49.3 Å². The summed E-state index contributed by atoms with van der Waals surface area (Å²) in [6, 6.07) is 10.2. The molecule has 0 radical (unpaired) electrons. The first kappa shape index (κ1) is 28.9. The molecule has 13 heteroatoms. The van der Waals surface area contributed by atoms with Crippen molar-refractivity contribution in [2.24, 2.45) is 0 Å². The molecule has 0 aliphatic carbocycles. The molecule has 1 aliphatic heterocycles. The SMILES string of the molecule is CNc1cc(-c2cncnc2Nc2cc(C(=O)Nc3cc(C(F)(F)F)ccc3CN3CCOCC3)ccc2C)ncn1. The molecule has 10 nitrogen and oxygen atoms in total. The van der Waals surface area contributed by atoms with Crippen molar-refractivity contribution in [1.82, 2.24) is 24.8 Å².